The van der Waals surface area contributed by atoms with Gasteiger partial charge in [-0.15, -0.1) is 0 Å². The Kier molecular flexibility index (Phi) is 6.77. The zero-order valence-electron chi connectivity index (χ0n) is 17.5. The number of nitrogens with one attached hydrogen (secondary N) is 2. The van der Waals surface area contributed by atoms with Gasteiger partial charge in [0.05, 0.1) is 12.0 Å². The van der Waals surface area contributed by atoms with E-state index in [1.165, 1.54) is 18.2 Å². The Bertz CT molecular complexity index is 1220. The molecule has 3 aromatic rings. The van der Waals surface area contributed by atoms with Crippen LogP contribution in [-0.4, -0.2) is 21.4 Å². The van der Waals surface area contributed by atoms with Crippen LogP contribution in [0.3, 0.4) is 0 Å². The van der Waals surface area contributed by atoms with Crippen LogP contribution < -0.4 is 14.8 Å². The first-order valence-electron chi connectivity index (χ1n) is 9.61. The van der Waals surface area contributed by atoms with E-state index in [-0.39, 0.29) is 10.8 Å². The Balaban J connectivity index is 1.67. The van der Waals surface area contributed by atoms with Crippen LogP contribution in [0.2, 0.25) is 0 Å². The minimum atomic E-state index is -3.73. The average Bonchev–Trinajstić information content (AvgIpc) is 2.75. The van der Waals surface area contributed by atoms with E-state index in [2.05, 4.69) is 10.0 Å². The van der Waals surface area contributed by atoms with Crippen LogP contribution in [0.25, 0.3) is 6.08 Å². The van der Waals surface area contributed by atoms with Gasteiger partial charge in [0.25, 0.3) is 10.0 Å². The summed E-state index contributed by atoms with van der Waals surface area (Å²) < 4.78 is 33.1. The van der Waals surface area contributed by atoms with Crippen molar-refractivity contribution in [3.63, 3.8) is 0 Å². The van der Waals surface area contributed by atoms with Gasteiger partial charge in [0, 0.05) is 23.0 Å². The molecule has 0 saturated heterocycles. The van der Waals surface area contributed by atoms with Gasteiger partial charge in [0.15, 0.2) is 0 Å². The summed E-state index contributed by atoms with van der Waals surface area (Å²) in [4.78, 5) is 12.3. The Morgan fingerprint density at radius 1 is 0.903 bits per heavy atom. The first kappa shape index (κ1) is 22.1. The standard InChI is InChI=1S/C24H24N2O4S/c1-17-8-10-21(16-18(17)2)26-31(28,29)22-13-11-20(12-14-22)25-24(27)15-9-19-6-4-5-7-23(19)30-3/h4-16,26H,1-3H3,(H,25,27). The summed E-state index contributed by atoms with van der Waals surface area (Å²) in [6.45, 7) is 3.89. The average molecular weight is 437 g/mol. The van der Waals surface area contributed by atoms with Gasteiger partial charge in [-0.1, -0.05) is 24.3 Å². The lowest BCUT2D eigenvalue weighted by atomic mass is 10.1. The Morgan fingerprint density at radius 2 is 1.58 bits per heavy atom. The summed E-state index contributed by atoms with van der Waals surface area (Å²) in [5.41, 5.74) is 3.85. The van der Waals surface area contributed by atoms with E-state index in [4.69, 9.17) is 4.74 Å². The van der Waals surface area contributed by atoms with Crippen LogP contribution in [0.1, 0.15) is 16.7 Å². The van der Waals surface area contributed by atoms with Crippen LogP contribution in [0.4, 0.5) is 11.4 Å². The minimum absolute atomic E-state index is 0.105. The summed E-state index contributed by atoms with van der Waals surface area (Å²) in [7, 11) is -2.17. The summed E-state index contributed by atoms with van der Waals surface area (Å²) >= 11 is 0. The van der Waals surface area contributed by atoms with Crippen molar-refractivity contribution >= 4 is 33.4 Å². The van der Waals surface area contributed by atoms with Gasteiger partial charge in [-0.3, -0.25) is 9.52 Å². The number of methoxy groups -OCH3 is 1. The lowest BCUT2D eigenvalue weighted by Crippen LogP contribution is -2.13. The molecule has 1 amide bonds. The highest BCUT2D eigenvalue weighted by molar-refractivity contribution is 7.92. The summed E-state index contributed by atoms with van der Waals surface area (Å²) in [5, 5.41) is 2.71. The molecule has 7 heteroatoms. The molecule has 6 nitrogen and oxygen atoms in total. The molecule has 0 fully saturated rings. The fourth-order valence-corrected chi connectivity index (χ4v) is 3.94. The molecular weight excluding hydrogens is 412 g/mol. The number of carbonyl (C=O) groups is 1. The van der Waals surface area contributed by atoms with Gasteiger partial charge in [0.1, 0.15) is 5.75 Å². The fraction of sp³-hybridized carbons (Fsp3) is 0.125. The highest BCUT2D eigenvalue weighted by Crippen LogP contribution is 2.21. The van der Waals surface area contributed by atoms with Crippen LogP contribution in [0.5, 0.6) is 5.75 Å². The van der Waals surface area contributed by atoms with Crippen molar-refractivity contribution in [2.45, 2.75) is 18.7 Å². The maximum atomic E-state index is 12.6. The molecular formula is C24H24N2O4S. The van der Waals surface area contributed by atoms with Crippen molar-refractivity contribution in [1.82, 2.24) is 0 Å². The summed E-state index contributed by atoms with van der Waals surface area (Å²) in [5.74, 6) is 0.326. The highest BCUT2D eigenvalue weighted by Gasteiger charge is 2.14. The second kappa shape index (κ2) is 9.49. The normalized spacial score (nSPS) is 11.3. The maximum absolute atomic E-state index is 12.6. The van der Waals surface area contributed by atoms with Crippen molar-refractivity contribution < 1.29 is 17.9 Å². The number of hydrogen-bond donors (Lipinski definition) is 2. The predicted octanol–water partition coefficient (Wildman–Crippen LogP) is 4.76. The molecule has 0 unspecified atom stereocenters. The largest absolute Gasteiger partial charge is 0.496 e. The van der Waals surface area contributed by atoms with Crippen molar-refractivity contribution in [3.8, 4) is 5.75 Å². The molecule has 0 heterocycles. The number of rotatable bonds is 7. The number of carbonyl (C=O) groups excluding carboxylic acids is 1. The van der Waals surface area contributed by atoms with E-state index in [0.29, 0.717) is 17.1 Å². The monoisotopic (exact) mass is 436 g/mol. The van der Waals surface area contributed by atoms with Crippen LogP contribution in [-0.2, 0) is 14.8 Å². The predicted molar refractivity (Wildman–Crippen MR) is 124 cm³/mol. The molecule has 0 aliphatic rings. The Hall–Kier alpha value is -3.58. The minimum Gasteiger partial charge on any atom is -0.496 e. The third-order valence-corrected chi connectivity index (χ3v) is 6.14. The third kappa shape index (κ3) is 5.73. The van der Waals surface area contributed by atoms with Gasteiger partial charge in [-0.25, -0.2) is 8.42 Å². The van der Waals surface area contributed by atoms with Crippen molar-refractivity contribution in [1.29, 1.82) is 0 Å². The van der Waals surface area contributed by atoms with Gasteiger partial charge >= 0.3 is 0 Å². The second-order valence-electron chi connectivity index (χ2n) is 6.99. The number of amides is 1. The summed E-state index contributed by atoms with van der Waals surface area (Å²) in [6, 6.07) is 18.7. The Labute approximate surface area is 182 Å². The molecule has 0 bridgehead atoms. The van der Waals surface area contributed by atoms with E-state index in [1.54, 1.807) is 37.5 Å². The molecule has 0 atom stereocenters. The molecule has 2 N–H and O–H groups in total. The lowest BCUT2D eigenvalue weighted by Gasteiger charge is -2.10. The van der Waals surface area contributed by atoms with Gasteiger partial charge < -0.3 is 10.1 Å². The summed E-state index contributed by atoms with van der Waals surface area (Å²) in [6.07, 6.45) is 3.05. The van der Waals surface area contributed by atoms with E-state index in [1.807, 2.05) is 44.2 Å². The molecule has 0 spiro atoms. The quantitative estimate of drug-likeness (QED) is 0.523. The molecule has 0 aromatic heterocycles. The topological polar surface area (TPSA) is 84.5 Å². The lowest BCUT2D eigenvalue weighted by molar-refractivity contribution is -0.111. The van der Waals surface area contributed by atoms with Crippen LogP contribution in [0, 0.1) is 13.8 Å². The van der Waals surface area contributed by atoms with Gasteiger partial charge in [-0.05, 0) is 73.5 Å². The fourth-order valence-electron chi connectivity index (χ4n) is 2.89. The van der Waals surface area contributed by atoms with Gasteiger partial charge in [-0.2, -0.15) is 0 Å². The number of benzene rings is 3. The molecule has 3 rings (SSSR count). The molecule has 31 heavy (non-hydrogen) atoms. The smallest absolute Gasteiger partial charge is 0.261 e. The SMILES string of the molecule is COc1ccccc1C=CC(=O)Nc1ccc(S(=O)(=O)Nc2ccc(C)c(C)c2)cc1. The first-order chi connectivity index (χ1) is 14.8. The number of ether oxygens (including phenoxy) is 1. The van der Waals surface area contributed by atoms with Crippen molar-refractivity contribution in [2.24, 2.45) is 0 Å². The second-order valence-corrected chi connectivity index (χ2v) is 8.68. The molecule has 0 saturated carbocycles. The van der Waals surface area contributed by atoms with Crippen LogP contribution in [0.15, 0.2) is 77.7 Å². The molecule has 3 aromatic carbocycles. The zero-order valence-corrected chi connectivity index (χ0v) is 18.4. The molecule has 0 aliphatic carbocycles. The molecule has 0 aliphatic heterocycles. The first-order valence-corrected chi connectivity index (χ1v) is 11.1. The maximum Gasteiger partial charge on any atom is 0.261 e. The van der Waals surface area contributed by atoms with Crippen molar-refractivity contribution in [2.75, 3.05) is 17.1 Å². The van der Waals surface area contributed by atoms with E-state index >= 15 is 0 Å². The number of aryl methyl sites for hydroxylation is 2. The van der Waals surface area contributed by atoms with Gasteiger partial charge in [0.2, 0.25) is 5.91 Å². The number of para-hydroxylation sites is 1. The van der Waals surface area contributed by atoms with Crippen LogP contribution >= 0.6 is 0 Å². The van der Waals surface area contributed by atoms with E-state index in [0.717, 1.165) is 16.7 Å². The third-order valence-electron chi connectivity index (χ3n) is 4.74. The Morgan fingerprint density at radius 3 is 2.26 bits per heavy atom. The zero-order chi connectivity index (χ0) is 22.4. The van der Waals surface area contributed by atoms with Crippen molar-refractivity contribution in [3.05, 3.63) is 89.5 Å². The number of sulfonamides is 1. The molecule has 160 valence electrons. The number of hydrogen-bond acceptors (Lipinski definition) is 4. The van der Waals surface area contributed by atoms with E-state index < -0.39 is 10.0 Å². The van der Waals surface area contributed by atoms with E-state index in [9.17, 15) is 13.2 Å². The molecule has 0 radical (unpaired) electrons. The number of anilines is 2. The highest BCUT2D eigenvalue weighted by atomic mass is 32.2.